The molecule has 0 aliphatic carbocycles. The second-order valence-corrected chi connectivity index (χ2v) is 7.21. The monoisotopic (exact) mass is 315 g/mol. The van der Waals surface area contributed by atoms with Crippen LogP contribution in [0.15, 0.2) is 17.3 Å². The van der Waals surface area contributed by atoms with Crippen LogP contribution in [0.2, 0.25) is 0 Å². The largest absolute Gasteiger partial charge is 0.357 e. The Morgan fingerprint density at radius 3 is 2.29 bits per heavy atom. The number of hydrogen-bond acceptors (Lipinski definition) is 6. The standard InChI is InChI=1S/C12H21N5O3S/c1-12(2,3)17-10(18)5-6-16-21(19,20)9-7-14-11(13-4)15-8-9/h7-8,16H,5-6H2,1-4H3,(H,17,18)(H,13,14,15). The number of carbonyl (C=O) groups is 1. The van der Waals surface area contributed by atoms with E-state index >= 15 is 0 Å². The van der Waals surface area contributed by atoms with E-state index in [1.165, 1.54) is 12.4 Å². The highest BCUT2D eigenvalue weighted by Crippen LogP contribution is 2.07. The Bertz CT molecular complexity index is 578. The van der Waals surface area contributed by atoms with Gasteiger partial charge in [0.1, 0.15) is 4.90 Å². The van der Waals surface area contributed by atoms with Crippen molar-refractivity contribution in [2.75, 3.05) is 18.9 Å². The van der Waals surface area contributed by atoms with Crippen molar-refractivity contribution < 1.29 is 13.2 Å². The summed E-state index contributed by atoms with van der Waals surface area (Å²) in [6.07, 6.45) is 2.47. The van der Waals surface area contributed by atoms with Crippen molar-refractivity contribution in [1.82, 2.24) is 20.0 Å². The summed E-state index contributed by atoms with van der Waals surface area (Å²) in [5.74, 6) is 0.116. The molecular weight excluding hydrogens is 294 g/mol. The van der Waals surface area contributed by atoms with Crippen molar-refractivity contribution in [2.24, 2.45) is 0 Å². The van der Waals surface area contributed by atoms with Gasteiger partial charge < -0.3 is 10.6 Å². The van der Waals surface area contributed by atoms with Crippen LogP contribution in [0.4, 0.5) is 5.95 Å². The first-order valence-electron chi connectivity index (χ1n) is 6.44. The molecule has 1 aromatic heterocycles. The van der Waals surface area contributed by atoms with Gasteiger partial charge in [-0.15, -0.1) is 0 Å². The molecule has 1 aromatic rings. The fourth-order valence-corrected chi connectivity index (χ4v) is 2.37. The summed E-state index contributed by atoms with van der Waals surface area (Å²) in [5, 5.41) is 5.45. The van der Waals surface area contributed by atoms with Gasteiger partial charge in [-0.2, -0.15) is 0 Å². The van der Waals surface area contributed by atoms with Crippen molar-refractivity contribution in [1.29, 1.82) is 0 Å². The Hall–Kier alpha value is -1.74. The molecule has 0 unspecified atom stereocenters. The van der Waals surface area contributed by atoms with Crippen molar-refractivity contribution in [3.63, 3.8) is 0 Å². The van der Waals surface area contributed by atoms with Crippen LogP contribution >= 0.6 is 0 Å². The third-order valence-corrected chi connectivity index (χ3v) is 3.74. The zero-order valence-corrected chi connectivity index (χ0v) is 13.4. The summed E-state index contributed by atoms with van der Waals surface area (Å²) in [5.41, 5.74) is -0.340. The first-order valence-corrected chi connectivity index (χ1v) is 7.93. The van der Waals surface area contributed by atoms with Crippen LogP contribution in [-0.2, 0) is 14.8 Å². The topological polar surface area (TPSA) is 113 Å². The number of nitrogens with one attached hydrogen (secondary N) is 3. The van der Waals surface area contributed by atoms with Gasteiger partial charge in [-0.25, -0.2) is 23.1 Å². The molecule has 1 heterocycles. The SMILES string of the molecule is CNc1ncc(S(=O)(=O)NCCC(=O)NC(C)(C)C)cn1. The van der Waals surface area contributed by atoms with E-state index in [1.807, 2.05) is 20.8 Å². The Balaban J connectivity index is 2.55. The molecule has 1 rings (SSSR count). The summed E-state index contributed by atoms with van der Waals surface area (Å²) in [7, 11) is -2.07. The molecule has 9 heteroatoms. The summed E-state index contributed by atoms with van der Waals surface area (Å²) < 4.78 is 26.3. The summed E-state index contributed by atoms with van der Waals surface area (Å²) >= 11 is 0. The Morgan fingerprint density at radius 1 is 1.24 bits per heavy atom. The Kier molecular flexibility index (Phi) is 5.62. The van der Waals surface area contributed by atoms with E-state index in [2.05, 4.69) is 25.3 Å². The molecule has 118 valence electrons. The minimum Gasteiger partial charge on any atom is -0.357 e. The fourth-order valence-electron chi connectivity index (χ4n) is 1.45. The van der Waals surface area contributed by atoms with Crippen molar-refractivity contribution in [3.8, 4) is 0 Å². The molecule has 8 nitrogen and oxygen atoms in total. The van der Waals surface area contributed by atoms with Crippen LogP contribution in [0.5, 0.6) is 0 Å². The predicted octanol–water partition coefficient (Wildman–Crippen LogP) is 0.101. The first kappa shape index (κ1) is 17.3. The van der Waals surface area contributed by atoms with Gasteiger partial charge in [0.15, 0.2) is 0 Å². The van der Waals surface area contributed by atoms with E-state index in [1.54, 1.807) is 7.05 Å². The van der Waals surface area contributed by atoms with Crippen molar-refractivity contribution in [3.05, 3.63) is 12.4 Å². The van der Waals surface area contributed by atoms with Crippen molar-refractivity contribution >= 4 is 21.9 Å². The molecule has 0 saturated carbocycles. The molecule has 21 heavy (non-hydrogen) atoms. The van der Waals surface area contributed by atoms with E-state index < -0.39 is 10.0 Å². The maximum Gasteiger partial charge on any atom is 0.243 e. The average molecular weight is 315 g/mol. The molecule has 0 atom stereocenters. The van der Waals surface area contributed by atoms with Gasteiger partial charge in [-0.05, 0) is 20.8 Å². The molecule has 0 radical (unpaired) electrons. The normalized spacial score (nSPS) is 12.0. The summed E-state index contributed by atoms with van der Waals surface area (Å²) in [4.78, 5) is 19.2. The van der Waals surface area contributed by atoms with E-state index in [9.17, 15) is 13.2 Å². The minimum absolute atomic E-state index is 0.0119. The highest BCUT2D eigenvalue weighted by molar-refractivity contribution is 7.89. The van der Waals surface area contributed by atoms with Gasteiger partial charge in [-0.1, -0.05) is 0 Å². The van der Waals surface area contributed by atoms with Gasteiger partial charge in [-0.3, -0.25) is 4.79 Å². The lowest BCUT2D eigenvalue weighted by Gasteiger charge is -2.20. The second-order valence-electron chi connectivity index (χ2n) is 5.44. The molecule has 0 aromatic carbocycles. The van der Waals surface area contributed by atoms with Crippen molar-refractivity contribution in [2.45, 2.75) is 37.6 Å². The lowest BCUT2D eigenvalue weighted by Crippen LogP contribution is -2.41. The number of amides is 1. The zero-order chi connectivity index (χ0) is 16.1. The summed E-state index contributed by atoms with van der Waals surface area (Å²) in [6.45, 7) is 5.58. The molecule has 3 N–H and O–H groups in total. The molecule has 0 bridgehead atoms. The molecule has 0 aliphatic heterocycles. The number of aromatic nitrogens is 2. The predicted molar refractivity (Wildman–Crippen MR) is 79.3 cm³/mol. The number of nitrogens with zero attached hydrogens (tertiary/aromatic N) is 2. The van der Waals surface area contributed by atoms with Crippen LogP contribution in [-0.4, -0.2) is 43.4 Å². The van der Waals surface area contributed by atoms with Crippen LogP contribution in [0, 0.1) is 0 Å². The smallest absolute Gasteiger partial charge is 0.243 e. The molecule has 1 amide bonds. The molecule has 0 fully saturated rings. The third kappa shape index (κ3) is 6.05. The van der Waals surface area contributed by atoms with E-state index in [0.29, 0.717) is 5.95 Å². The zero-order valence-electron chi connectivity index (χ0n) is 12.6. The fraction of sp³-hybridized carbons (Fsp3) is 0.583. The van der Waals surface area contributed by atoms with Crippen LogP contribution in [0.25, 0.3) is 0 Å². The molecule has 0 spiro atoms. The van der Waals surface area contributed by atoms with Crippen LogP contribution < -0.4 is 15.4 Å². The van der Waals surface area contributed by atoms with Gasteiger partial charge in [0, 0.05) is 25.6 Å². The van der Waals surface area contributed by atoms with E-state index in [0.717, 1.165) is 0 Å². The van der Waals surface area contributed by atoms with E-state index in [-0.39, 0.29) is 29.3 Å². The third-order valence-electron chi connectivity index (χ3n) is 2.32. The quantitative estimate of drug-likeness (QED) is 0.686. The second kappa shape index (κ2) is 6.81. The number of carbonyl (C=O) groups excluding carboxylic acids is 1. The highest BCUT2D eigenvalue weighted by Gasteiger charge is 2.17. The maximum absolute atomic E-state index is 12.0. The molecule has 0 aliphatic rings. The van der Waals surface area contributed by atoms with Crippen LogP contribution in [0.3, 0.4) is 0 Å². The van der Waals surface area contributed by atoms with E-state index in [4.69, 9.17) is 0 Å². The lowest BCUT2D eigenvalue weighted by molar-refractivity contribution is -0.122. The minimum atomic E-state index is -3.71. The Morgan fingerprint density at radius 2 is 1.81 bits per heavy atom. The maximum atomic E-state index is 12.0. The van der Waals surface area contributed by atoms with Gasteiger partial charge in [0.25, 0.3) is 0 Å². The lowest BCUT2D eigenvalue weighted by atomic mass is 10.1. The number of sulfonamides is 1. The number of anilines is 1. The molecule has 0 saturated heterocycles. The average Bonchev–Trinajstić information content (AvgIpc) is 2.36. The van der Waals surface area contributed by atoms with Gasteiger partial charge in [0.2, 0.25) is 21.9 Å². The number of rotatable bonds is 6. The van der Waals surface area contributed by atoms with Crippen LogP contribution in [0.1, 0.15) is 27.2 Å². The van der Waals surface area contributed by atoms with Gasteiger partial charge in [0.05, 0.1) is 12.4 Å². The van der Waals surface area contributed by atoms with Gasteiger partial charge >= 0.3 is 0 Å². The Labute approximate surface area is 124 Å². The number of hydrogen-bond donors (Lipinski definition) is 3. The summed E-state index contributed by atoms with van der Waals surface area (Å²) in [6, 6.07) is 0. The first-order chi connectivity index (χ1) is 9.64. The molecular formula is C12H21N5O3S. The highest BCUT2D eigenvalue weighted by atomic mass is 32.2.